The van der Waals surface area contributed by atoms with Gasteiger partial charge in [0.1, 0.15) is 11.6 Å². The first-order chi connectivity index (χ1) is 12.5. The van der Waals surface area contributed by atoms with Gasteiger partial charge in [-0.15, -0.1) is 0 Å². The van der Waals surface area contributed by atoms with Crippen LogP contribution in [0.5, 0.6) is 5.75 Å². The molecule has 6 heteroatoms. The number of hydrogen-bond donors (Lipinski definition) is 2. The number of carbonyl (C=O) groups is 1. The van der Waals surface area contributed by atoms with Crippen LogP contribution in [0.2, 0.25) is 5.02 Å². The van der Waals surface area contributed by atoms with E-state index in [4.69, 9.17) is 16.3 Å². The van der Waals surface area contributed by atoms with Crippen molar-refractivity contribution in [2.45, 2.75) is 6.92 Å². The molecule has 0 unspecified atom stereocenters. The lowest BCUT2D eigenvalue weighted by Gasteiger charge is -2.09. The van der Waals surface area contributed by atoms with Crippen molar-refractivity contribution in [1.82, 2.24) is 4.98 Å². The Kier molecular flexibility index (Phi) is 5.39. The molecule has 1 aromatic heterocycles. The van der Waals surface area contributed by atoms with Gasteiger partial charge < -0.3 is 15.4 Å². The Hall–Kier alpha value is -3.05. The van der Waals surface area contributed by atoms with Gasteiger partial charge in [-0.2, -0.15) is 0 Å². The number of ether oxygens (including phenoxy) is 1. The molecule has 0 atom stereocenters. The van der Waals surface area contributed by atoms with Gasteiger partial charge in [0, 0.05) is 22.6 Å². The van der Waals surface area contributed by atoms with Gasteiger partial charge >= 0.3 is 0 Å². The second kappa shape index (κ2) is 7.89. The number of pyridine rings is 1. The molecule has 3 aromatic rings. The van der Waals surface area contributed by atoms with Crippen LogP contribution in [-0.4, -0.2) is 18.0 Å². The summed E-state index contributed by atoms with van der Waals surface area (Å²) in [4.78, 5) is 16.6. The molecule has 0 radical (unpaired) electrons. The topological polar surface area (TPSA) is 63.2 Å². The van der Waals surface area contributed by atoms with Gasteiger partial charge in [0.25, 0.3) is 5.91 Å². The van der Waals surface area contributed by atoms with Gasteiger partial charge in [0.2, 0.25) is 0 Å². The molecule has 0 saturated carbocycles. The molecule has 0 bridgehead atoms. The van der Waals surface area contributed by atoms with Crippen molar-refractivity contribution >= 4 is 34.7 Å². The standard InChI is InChI=1S/C20H18ClN3O2/c1-13-3-5-16(11-18(13)21)23-19-10-4-14(12-22-19)20(25)24-15-6-8-17(26-2)9-7-15/h3-12H,1-2H3,(H,22,23)(H,24,25). The molecule has 0 fully saturated rings. The highest BCUT2D eigenvalue weighted by Gasteiger charge is 2.07. The summed E-state index contributed by atoms with van der Waals surface area (Å²) in [5.41, 5.74) is 3.00. The van der Waals surface area contributed by atoms with E-state index in [0.29, 0.717) is 22.1 Å². The number of hydrogen-bond acceptors (Lipinski definition) is 4. The van der Waals surface area contributed by atoms with Crippen LogP contribution in [0.15, 0.2) is 60.8 Å². The number of carbonyl (C=O) groups excluding carboxylic acids is 1. The molecule has 3 rings (SSSR count). The maximum atomic E-state index is 12.3. The summed E-state index contributed by atoms with van der Waals surface area (Å²) < 4.78 is 5.10. The van der Waals surface area contributed by atoms with E-state index in [0.717, 1.165) is 17.0 Å². The number of methoxy groups -OCH3 is 1. The zero-order chi connectivity index (χ0) is 18.5. The molecule has 0 saturated heterocycles. The minimum atomic E-state index is -0.229. The number of anilines is 3. The lowest BCUT2D eigenvalue weighted by molar-refractivity contribution is 0.102. The smallest absolute Gasteiger partial charge is 0.257 e. The van der Waals surface area contributed by atoms with Crippen LogP contribution in [0.3, 0.4) is 0 Å². The van der Waals surface area contributed by atoms with Gasteiger partial charge in [-0.25, -0.2) is 4.98 Å². The molecule has 1 amide bonds. The van der Waals surface area contributed by atoms with E-state index in [1.165, 1.54) is 6.20 Å². The van der Waals surface area contributed by atoms with Crippen LogP contribution in [-0.2, 0) is 0 Å². The van der Waals surface area contributed by atoms with Gasteiger partial charge in [-0.3, -0.25) is 4.79 Å². The highest BCUT2D eigenvalue weighted by Crippen LogP contribution is 2.22. The molecular weight excluding hydrogens is 350 g/mol. The Morgan fingerprint density at radius 1 is 1.04 bits per heavy atom. The molecule has 0 aliphatic carbocycles. The Morgan fingerprint density at radius 3 is 2.38 bits per heavy atom. The zero-order valence-electron chi connectivity index (χ0n) is 14.4. The fraction of sp³-hybridized carbons (Fsp3) is 0.100. The third-order valence-corrected chi connectivity index (χ3v) is 4.22. The first-order valence-corrected chi connectivity index (χ1v) is 8.37. The first kappa shape index (κ1) is 17.8. The maximum absolute atomic E-state index is 12.3. The number of rotatable bonds is 5. The van der Waals surface area contributed by atoms with E-state index in [2.05, 4.69) is 15.6 Å². The van der Waals surface area contributed by atoms with E-state index in [9.17, 15) is 4.79 Å². The van der Waals surface area contributed by atoms with Crippen LogP contribution < -0.4 is 15.4 Å². The van der Waals surface area contributed by atoms with Crippen molar-refractivity contribution in [2.75, 3.05) is 17.7 Å². The summed E-state index contributed by atoms with van der Waals surface area (Å²) in [5.74, 6) is 1.13. The number of aryl methyl sites for hydroxylation is 1. The Labute approximate surface area is 157 Å². The van der Waals surface area contributed by atoms with Crippen LogP contribution in [0.1, 0.15) is 15.9 Å². The van der Waals surface area contributed by atoms with Crippen molar-refractivity contribution in [3.63, 3.8) is 0 Å². The Bertz CT molecular complexity index is 909. The van der Waals surface area contributed by atoms with Gasteiger partial charge in [-0.05, 0) is 61.0 Å². The molecule has 2 N–H and O–H groups in total. The minimum Gasteiger partial charge on any atom is -0.497 e. The van der Waals surface area contributed by atoms with Crippen molar-refractivity contribution < 1.29 is 9.53 Å². The maximum Gasteiger partial charge on any atom is 0.257 e. The molecular formula is C20H18ClN3O2. The molecule has 26 heavy (non-hydrogen) atoms. The number of amides is 1. The summed E-state index contributed by atoms with van der Waals surface area (Å²) in [6, 6.07) is 16.3. The average Bonchev–Trinajstić information content (AvgIpc) is 2.66. The van der Waals surface area contributed by atoms with E-state index in [-0.39, 0.29) is 5.91 Å². The average molecular weight is 368 g/mol. The largest absolute Gasteiger partial charge is 0.497 e. The normalized spacial score (nSPS) is 10.3. The quantitative estimate of drug-likeness (QED) is 0.662. The Morgan fingerprint density at radius 2 is 1.77 bits per heavy atom. The van der Waals surface area contributed by atoms with E-state index in [1.54, 1.807) is 43.5 Å². The van der Waals surface area contributed by atoms with Crippen molar-refractivity contribution in [3.05, 3.63) is 76.9 Å². The molecule has 132 valence electrons. The fourth-order valence-electron chi connectivity index (χ4n) is 2.30. The van der Waals surface area contributed by atoms with Crippen LogP contribution in [0.25, 0.3) is 0 Å². The monoisotopic (exact) mass is 367 g/mol. The number of nitrogens with zero attached hydrogens (tertiary/aromatic N) is 1. The Balaban J connectivity index is 1.66. The lowest BCUT2D eigenvalue weighted by Crippen LogP contribution is -2.12. The molecule has 2 aromatic carbocycles. The van der Waals surface area contributed by atoms with Crippen LogP contribution in [0.4, 0.5) is 17.2 Å². The summed E-state index contributed by atoms with van der Waals surface area (Å²) in [5, 5.41) is 6.66. The van der Waals surface area contributed by atoms with E-state index in [1.807, 2.05) is 25.1 Å². The van der Waals surface area contributed by atoms with Crippen LogP contribution in [0, 0.1) is 6.92 Å². The number of halogens is 1. The molecule has 5 nitrogen and oxygen atoms in total. The molecule has 1 heterocycles. The van der Waals surface area contributed by atoms with Crippen molar-refractivity contribution in [1.29, 1.82) is 0 Å². The minimum absolute atomic E-state index is 0.229. The number of aromatic nitrogens is 1. The molecule has 0 aliphatic heterocycles. The number of nitrogens with one attached hydrogen (secondary N) is 2. The zero-order valence-corrected chi connectivity index (χ0v) is 15.2. The number of benzene rings is 2. The highest BCUT2D eigenvalue weighted by molar-refractivity contribution is 6.31. The van der Waals surface area contributed by atoms with Crippen LogP contribution >= 0.6 is 11.6 Å². The lowest BCUT2D eigenvalue weighted by atomic mass is 10.2. The second-order valence-electron chi connectivity index (χ2n) is 5.70. The summed E-state index contributed by atoms with van der Waals surface area (Å²) in [7, 11) is 1.60. The summed E-state index contributed by atoms with van der Waals surface area (Å²) in [6.07, 6.45) is 1.52. The third-order valence-electron chi connectivity index (χ3n) is 3.82. The fourth-order valence-corrected chi connectivity index (χ4v) is 2.48. The molecule has 0 spiro atoms. The van der Waals surface area contributed by atoms with Gasteiger partial charge in [-0.1, -0.05) is 17.7 Å². The summed E-state index contributed by atoms with van der Waals surface area (Å²) >= 11 is 6.12. The van der Waals surface area contributed by atoms with Gasteiger partial charge in [0.05, 0.1) is 12.7 Å². The first-order valence-electron chi connectivity index (χ1n) is 8.00. The predicted molar refractivity (Wildman–Crippen MR) is 105 cm³/mol. The van der Waals surface area contributed by atoms with Crippen molar-refractivity contribution in [3.8, 4) is 5.75 Å². The van der Waals surface area contributed by atoms with Gasteiger partial charge in [0.15, 0.2) is 0 Å². The molecule has 0 aliphatic rings. The predicted octanol–water partition coefficient (Wildman–Crippen LogP) is 5.05. The van der Waals surface area contributed by atoms with E-state index < -0.39 is 0 Å². The summed E-state index contributed by atoms with van der Waals surface area (Å²) in [6.45, 7) is 1.95. The SMILES string of the molecule is COc1ccc(NC(=O)c2ccc(Nc3ccc(C)c(Cl)c3)nc2)cc1. The third kappa shape index (κ3) is 4.32. The van der Waals surface area contributed by atoms with E-state index >= 15 is 0 Å². The van der Waals surface area contributed by atoms with Crippen molar-refractivity contribution in [2.24, 2.45) is 0 Å². The highest BCUT2D eigenvalue weighted by atomic mass is 35.5. The second-order valence-corrected chi connectivity index (χ2v) is 6.11.